The van der Waals surface area contributed by atoms with Gasteiger partial charge in [0.2, 0.25) is 0 Å². The van der Waals surface area contributed by atoms with Crippen molar-refractivity contribution in [1.82, 2.24) is 0 Å². The van der Waals surface area contributed by atoms with Gasteiger partial charge in [-0.1, -0.05) is 76.2 Å². The molecule has 5 nitrogen and oxygen atoms in total. The molecule has 9 heteroatoms. The number of fused-ring (bicyclic) bond motifs is 2. The minimum atomic E-state index is -5.73. The Morgan fingerprint density at radius 2 is 1.12 bits per heavy atom. The normalized spacial score (nSPS) is 23.7. The second-order valence-corrected chi connectivity index (χ2v) is 13.3. The SMILES string of the molecule is CN1/C(=C/C=C2\CC/C(=C\C=C3\N(C)c4ccccc4C3(C)C)C2=NS(=O)(=O)C(F)(F)F)C(C)(C)c2ccccc21. The average Bonchev–Trinajstić information content (AvgIpc) is 3.43. The first-order valence-electron chi connectivity index (χ1n) is 13.5. The van der Waals surface area contributed by atoms with Crippen molar-refractivity contribution in [3.63, 3.8) is 0 Å². The van der Waals surface area contributed by atoms with E-state index in [1.54, 1.807) is 12.2 Å². The van der Waals surface area contributed by atoms with E-state index in [4.69, 9.17) is 0 Å². The van der Waals surface area contributed by atoms with Gasteiger partial charge in [-0.3, -0.25) is 0 Å². The molecule has 0 atom stereocenters. The summed E-state index contributed by atoms with van der Waals surface area (Å²) >= 11 is 0. The van der Waals surface area contributed by atoms with Crippen LogP contribution in [0.2, 0.25) is 0 Å². The summed E-state index contributed by atoms with van der Waals surface area (Å²) in [6.07, 6.45) is 7.94. The summed E-state index contributed by atoms with van der Waals surface area (Å²) in [6, 6.07) is 16.1. The van der Waals surface area contributed by atoms with Crippen molar-refractivity contribution >= 4 is 27.1 Å². The monoisotopic (exact) mass is 581 g/mol. The van der Waals surface area contributed by atoms with Crippen molar-refractivity contribution in [3.05, 3.63) is 107 Å². The lowest BCUT2D eigenvalue weighted by atomic mass is 9.83. The predicted octanol–water partition coefficient (Wildman–Crippen LogP) is 7.55. The molecule has 1 saturated carbocycles. The molecule has 0 amide bonds. The number of hydrogen-bond acceptors (Lipinski definition) is 4. The third kappa shape index (κ3) is 4.74. The van der Waals surface area contributed by atoms with Gasteiger partial charge in [0, 0.05) is 47.7 Å². The third-order valence-electron chi connectivity index (χ3n) is 8.54. The number of para-hydroxylation sites is 2. The van der Waals surface area contributed by atoms with Gasteiger partial charge < -0.3 is 9.80 Å². The first-order chi connectivity index (χ1) is 19.1. The quantitative estimate of drug-likeness (QED) is 0.376. The standard InChI is InChI=1S/C32H34F3N3O2S/c1-30(2)23-11-7-9-13-25(23)37(5)27(30)19-17-21-15-16-22(29(21)36-41(39,40)32(33,34)35)18-20-28-31(3,4)24-12-8-10-14-26(24)38(28)6/h7-14,17-20H,15-16H2,1-6H3/b21-17+,22-18+,27-19+,28-20+. The molecule has 2 aromatic rings. The van der Waals surface area contributed by atoms with E-state index in [-0.39, 0.29) is 16.5 Å². The molecule has 0 aromatic heterocycles. The van der Waals surface area contributed by atoms with Crippen LogP contribution in [0.4, 0.5) is 24.5 Å². The minimum Gasteiger partial charge on any atom is -0.347 e. The van der Waals surface area contributed by atoms with Crippen LogP contribution in [-0.4, -0.2) is 33.7 Å². The maximum atomic E-state index is 13.4. The number of hydrogen-bond donors (Lipinski definition) is 0. The molecule has 2 heterocycles. The fourth-order valence-corrected chi connectivity index (χ4v) is 6.87. The van der Waals surface area contributed by atoms with Gasteiger partial charge in [-0.25, -0.2) is 0 Å². The number of halogens is 3. The lowest BCUT2D eigenvalue weighted by Crippen LogP contribution is -2.23. The Morgan fingerprint density at radius 1 is 0.732 bits per heavy atom. The van der Waals surface area contributed by atoms with Crippen LogP contribution in [0, 0.1) is 0 Å². The molecule has 0 bridgehead atoms. The molecule has 1 aliphatic carbocycles. The van der Waals surface area contributed by atoms with Crippen LogP contribution in [-0.2, 0) is 20.9 Å². The number of likely N-dealkylation sites (N-methyl/N-ethyl adjacent to an activating group) is 2. The van der Waals surface area contributed by atoms with Gasteiger partial charge in [-0.2, -0.15) is 26.0 Å². The molecule has 2 aliphatic heterocycles. The van der Waals surface area contributed by atoms with Crippen LogP contribution in [0.25, 0.3) is 0 Å². The van der Waals surface area contributed by atoms with Crippen molar-refractivity contribution in [2.75, 3.05) is 23.9 Å². The highest BCUT2D eigenvalue weighted by molar-refractivity contribution is 7.91. The van der Waals surface area contributed by atoms with E-state index in [2.05, 4.69) is 54.0 Å². The Balaban J connectivity index is 1.58. The highest BCUT2D eigenvalue weighted by atomic mass is 32.2. The molecule has 0 N–H and O–H groups in total. The van der Waals surface area contributed by atoms with E-state index in [1.165, 1.54) is 0 Å². The number of rotatable bonds is 3. The fraction of sp³-hybridized carbons (Fsp3) is 0.344. The summed E-state index contributed by atoms with van der Waals surface area (Å²) < 4.78 is 68.1. The second kappa shape index (κ2) is 9.76. The molecule has 0 saturated heterocycles. The zero-order valence-corrected chi connectivity index (χ0v) is 24.9. The summed E-state index contributed by atoms with van der Waals surface area (Å²) in [6.45, 7) is 8.36. The summed E-state index contributed by atoms with van der Waals surface area (Å²) in [4.78, 5) is 4.11. The fourth-order valence-electron chi connectivity index (χ4n) is 6.29. The van der Waals surface area contributed by atoms with Gasteiger partial charge in [0.05, 0.1) is 5.71 Å². The Kier molecular flexibility index (Phi) is 6.88. The molecule has 5 rings (SSSR count). The van der Waals surface area contributed by atoms with Gasteiger partial charge in [0.1, 0.15) is 0 Å². The van der Waals surface area contributed by atoms with Crippen LogP contribution < -0.4 is 9.80 Å². The van der Waals surface area contributed by atoms with Crippen molar-refractivity contribution < 1.29 is 21.6 Å². The lowest BCUT2D eigenvalue weighted by Gasteiger charge is -2.24. The van der Waals surface area contributed by atoms with E-state index >= 15 is 0 Å². The van der Waals surface area contributed by atoms with Crippen molar-refractivity contribution in [1.29, 1.82) is 0 Å². The largest absolute Gasteiger partial charge is 0.518 e. The first-order valence-corrected chi connectivity index (χ1v) is 14.9. The molecule has 0 unspecified atom stereocenters. The number of allylic oxidation sites excluding steroid dienone is 8. The number of benzene rings is 2. The highest BCUT2D eigenvalue weighted by Crippen LogP contribution is 2.48. The summed E-state index contributed by atoms with van der Waals surface area (Å²) in [5.74, 6) is 0. The summed E-state index contributed by atoms with van der Waals surface area (Å²) in [5.41, 5.74) is 0.912. The number of alkyl halides is 3. The van der Waals surface area contributed by atoms with Crippen molar-refractivity contribution in [3.8, 4) is 0 Å². The average molecular weight is 582 g/mol. The topological polar surface area (TPSA) is 53.0 Å². The second-order valence-electron chi connectivity index (χ2n) is 11.8. The maximum absolute atomic E-state index is 13.4. The molecular formula is C32H34F3N3O2S. The molecule has 3 aliphatic rings. The van der Waals surface area contributed by atoms with Crippen molar-refractivity contribution in [2.45, 2.75) is 56.9 Å². The van der Waals surface area contributed by atoms with Crippen LogP contribution in [0.5, 0.6) is 0 Å². The van der Waals surface area contributed by atoms with E-state index in [0.29, 0.717) is 24.0 Å². The summed E-state index contributed by atoms with van der Waals surface area (Å²) in [5, 5.41) is 0. The van der Waals surface area contributed by atoms with Crippen LogP contribution in [0.15, 0.2) is 99.8 Å². The summed E-state index contributed by atoms with van der Waals surface area (Å²) in [7, 11) is -1.83. The third-order valence-corrected chi connectivity index (χ3v) is 9.55. The molecule has 41 heavy (non-hydrogen) atoms. The van der Waals surface area contributed by atoms with E-state index in [9.17, 15) is 21.6 Å². The molecule has 2 aromatic carbocycles. The van der Waals surface area contributed by atoms with Gasteiger partial charge in [0.25, 0.3) is 0 Å². The van der Waals surface area contributed by atoms with E-state index in [0.717, 1.165) is 33.9 Å². The molecule has 0 spiro atoms. The lowest BCUT2D eigenvalue weighted by molar-refractivity contribution is -0.0435. The van der Waals surface area contributed by atoms with Gasteiger partial charge in [-0.05, 0) is 59.4 Å². The first kappa shape index (κ1) is 28.9. The Morgan fingerprint density at radius 3 is 1.49 bits per heavy atom. The van der Waals surface area contributed by atoms with Crippen LogP contribution in [0.1, 0.15) is 51.7 Å². The minimum absolute atomic E-state index is 0.136. The molecule has 1 fully saturated rings. The highest BCUT2D eigenvalue weighted by Gasteiger charge is 2.47. The van der Waals surface area contributed by atoms with Crippen molar-refractivity contribution in [2.24, 2.45) is 4.40 Å². The predicted molar refractivity (Wildman–Crippen MR) is 160 cm³/mol. The van der Waals surface area contributed by atoms with Gasteiger partial charge >= 0.3 is 15.5 Å². The zero-order valence-electron chi connectivity index (χ0n) is 24.0. The van der Waals surface area contributed by atoms with Gasteiger partial charge in [-0.15, -0.1) is 0 Å². The molecular weight excluding hydrogens is 547 g/mol. The number of anilines is 2. The van der Waals surface area contributed by atoms with Crippen LogP contribution in [0.3, 0.4) is 0 Å². The Hall–Kier alpha value is -3.59. The zero-order chi connectivity index (χ0) is 30.0. The molecule has 216 valence electrons. The smallest absolute Gasteiger partial charge is 0.347 e. The number of sulfonamides is 1. The Bertz CT molecular complexity index is 1580. The molecule has 0 radical (unpaired) electrons. The van der Waals surface area contributed by atoms with E-state index in [1.807, 2.05) is 62.6 Å². The van der Waals surface area contributed by atoms with Crippen LogP contribution >= 0.6 is 0 Å². The van der Waals surface area contributed by atoms with E-state index < -0.39 is 15.5 Å². The maximum Gasteiger partial charge on any atom is 0.518 e. The van der Waals surface area contributed by atoms with Gasteiger partial charge in [0.15, 0.2) is 0 Å². The number of nitrogens with zero attached hydrogens (tertiary/aromatic N) is 3. The Labute approximate surface area is 240 Å².